The van der Waals surface area contributed by atoms with Gasteiger partial charge in [0.05, 0.1) is 18.7 Å². The number of amides is 1. The standard InChI is InChI=1S/C19H22N2O3/c1-14(15-6-4-3-5-7-15)21-18(22)12-13-20-17-10-8-16(9-11-17)19(23)24-2/h3-11,14,20H,12-13H2,1-2H3,(H,21,22). The van der Waals surface area contributed by atoms with Gasteiger partial charge in [0, 0.05) is 18.7 Å². The van der Waals surface area contributed by atoms with Crippen LogP contribution < -0.4 is 10.6 Å². The van der Waals surface area contributed by atoms with Crippen LogP contribution in [0.3, 0.4) is 0 Å². The maximum atomic E-state index is 12.0. The minimum absolute atomic E-state index is 0.00923. The molecule has 126 valence electrons. The normalized spacial score (nSPS) is 11.4. The van der Waals surface area contributed by atoms with Crippen molar-refractivity contribution in [3.63, 3.8) is 0 Å². The van der Waals surface area contributed by atoms with E-state index in [1.54, 1.807) is 24.3 Å². The van der Waals surface area contributed by atoms with Gasteiger partial charge >= 0.3 is 5.97 Å². The third kappa shape index (κ3) is 5.12. The third-order valence-corrected chi connectivity index (χ3v) is 3.66. The summed E-state index contributed by atoms with van der Waals surface area (Å²) in [5, 5.41) is 6.13. The van der Waals surface area contributed by atoms with Crippen molar-refractivity contribution in [2.75, 3.05) is 19.0 Å². The first kappa shape index (κ1) is 17.5. The molecule has 2 rings (SSSR count). The fraction of sp³-hybridized carbons (Fsp3) is 0.263. The lowest BCUT2D eigenvalue weighted by molar-refractivity contribution is -0.121. The summed E-state index contributed by atoms with van der Waals surface area (Å²) in [5.74, 6) is -0.374. The van der Waals surface area contributed by atoms with Crippen LogP contribution in [0.25, 0.3) is 0 Å². The molecule has 0 saturated heterocycles. The topological polar surface area (TPSA) is 67.4 Å². The van der Waals surface area contributed by atoms with Gasteiger partial charge in [0.1, 0.15) is 0 Å². The molecule has 1 amide bonds. The molecule has 5 nitrogen and oxygen atoms in total. The summed E-state index contributed by atoms with van der Waals surface area (Å²) >= 11 is 0. The second-order valence-corrected chi connectivity index (χ2v) is 5.45. The molecule has 0 saturated carbocycles. The number of anilines is 1. The lowest BCUT2D eigenvalue weighted by atomic mass is 10.1. The quantitative estimate of drug-likeness (QED) is 0.767. The van der Waals surface area contributed by atoms with E-state index in [0.29, 0.717) is 18.5 Å². The number of hydrogen-bond donors (Lipinski definition) is 2. The monoisotopic (exact) mass is 326 g/mol. The zero-order valence-electron chi connectivity index (χ0n) is 13.9. The van der Waals surface area contributed by atoms with Gasteiger partial charge in [0.15, 0.2) is 0 Å². The number of hydrogen-bond acceptors (Lipinski definition) is 4. The van der Waals surface area contributed by atoms with Crippen molar-refractivity contribution in [3.8, 4) is 0 Å². The first-order valence-electron chi connectivity index (χ1n) is 7.86. The van der Waals surface area contributed by atoms with E-state index in [2.05, 4.69) is 15.4 Å². The average Bonchev–Trinajstić information content (AvgIpc) is 2.62. The molecule has 5 heteroatoms. The molecule has 0 aliphatic carbocycles. The maximum Gasteiger partial charge on any atom is 0.337 e. The van der Waals surface area contributed by atoms with Gasteiger partial charge in [-0.25, -0.2) is 4.79 Å². The summed E-state index contributed by atoms with van der Waals surface area (Å²) < 4.78 is 4.65. The molecule has 0 heterocycles. The molecule has 0 radical (unpaired) electrons. The number of esters is 1. The van der Waals surface area contributed by atoms with Crippen molar-refractivity contribution in [1.29, 1.82) is 0 Å². The van der Waals surface area contributed by atoms with Crippen LogP contribution in [-0.4, -0.2) is 25.5 Å². The molecule has 24 heavy (non-hydrogen) atoms. The largest absolute Gasteiger partial charge is 0.465 e. The van der Waals surface area contributed by atoms with Crippen LogP contribution >= 0.6 is 0 Å². The molecule has 0 aliphatic heterocycles. The summed E-state index contributed by atoms with van der Waals surface area (Å²) in [6, 6.07) is 16.8. The highest BCUT2D eigenvalue weighted by Gasteiger charge is 2.09. The summed E-state index contributed by atoms with van der Waals surface area (Å²) in [4.78, 5) is 23.3. The lowest BCUT2D eigenvalue weighted by Gasteiger charge is -2.14. The summed E-state index contributed by atoms with van der Waals surface area (Å²) in [7, 11) is 1.35. The van der Waals surface area contributed by atoms with E-state index < -0.39 is 0 Å². The molecule has 1 unspecified atom stereocenters. The van der Waals surface area contributed by atoms with Crippen LogP contribution in [0.5, 0.6) is 0 Å². The smallest absolute Gasteiger partial charge is 0.337 e. The Morgan fingerprint density at radius 2 is 1.71 bits per heavy atom. The van der Waals surface area contributed by atoms with Gasteiger partial charge in [-0.1, -0.05) is 30.3 Å². The van der Waals surface area contributed by atoms with E-state index in [1.165, 1.54) is 7.11 Å². The van der Waals surface area contributed by atoms with Crippen molar-refractivity contribution in [2.45, 2.75) is 19.4 Å². The van der Waals surface area contributed by atoms with Gasteiger partial charge in [-0.05, 0) is 36.8 Å². The highest BCUT2D eigenvalue weighted by molar-refractivity contribution is 5.89. The molecule has 2 N–H and O–H groups in total. The van der Waals surface area contributed by atoms with Crippen LogP contribution in [-0.2, 0) is 9.53 Å². The number of ether oxygens (including phenoxy) is 1. The van der Waals surface area contributed by atoms with Gasteiger partial charge in [-0.15, -0.1) is 0 Å². The van der Waals surface area contributed by atoms with Crippen molar-refractivity contribution in [3.05, 3.63) is 65.7 Å². The van der Waals surface area contributed by atoms with Gasteiger partial charge in [-0.3, -0.25) is 4.79 Å². The molecule has 0 aliphatic rings. The fourth-order valence-corrected chi connectivity index (χ4v) is 2.30. The van der Waals surface area contributed by atoms with Crippen LogP contribution in [0.2, 0.25) is 0 Å². The van der Waals surface area contributed by atoms with Crippen LogP contribution in [0.1, 0.15) is 35.3 Å². The third-order valence-electron chi connectivity index (χ3n) is 3.66. The Kier molecular flexibility index (Phi) is 6.37. The minimum atomic E-state index is -0.365. The average molecular weight is 326 g/mol. The van der Waals surface area contributed by atoms with E-state index in [1.807, 2.05) is 37.3 Å². The van der Waals surface area contributed by atoms with Gasteiger partial charge in [0.25, 0.3) is 0 Å². The number of nitrogens with one attached hydrogen (secondary N) is 2. The lowest BCUT2D eigenvalue weighted by Crippen LogP contribution is -2.28. The second-order valence-electron chi connectivity index (χ2n) is 5.45. The van der Waals surface area contributed by atoms with Crippen molar-refractivity contribution < 1.29 is 14.3 Å². The maximum absolute atomic E-state index is 12.0. The van der Waals surface area contributed by atoms with E-state index in [0.717, 1.165) is 11.3 Å². The fourth-order valence-electron chi connectivity index (χ4n) is 2.30. The SMILES string of the molecule is COC(=O)c1ccc(NCCC(=O)NC(C)c2ccccc2)cc1. The Hall–Kier alpha value is -2.82. The van der Waals surface area contributed by atoms with E-state index >= 15 is 0 Å². The van der Waals surface area contributed by atoms with Crippen molar-refractivity contribution in [1.82, 2.24) is 5.32 Å². The molecule has 0 bridgehead atoms. The van der Waals surface area contributed by atoms with Gasteiger partial charge in [0.2, 0.25) is 5.91 Å². The summed E-state index contributed by atoms with van der Waals surface area (Å²) in [6.07, 6.45) is 0.371. The molecule has 2 aromatic carbocycles. The second kappa shape index (κ2) is 8.72. The predicted molar refractivity (Wildman–Crippen MR) is 93.9 cm³/mol. The molecule has 1 atom stereocenters. The predicted octanol–water partition coefficient (Wildman–Crippen LogP) is 3.15. The Labute approximate surface area is 142 Å². The molecule has 0 fully saturated rings. The number of carbonyl (C=O) groups excluding carboxylic acids is 2. The highest BCUT2D eigenvalue weighted by atomic mass is 16.5. The zero-order chi connectivity index (χ0) is 17.4. The molecule has 0 spiro atoms. The Morgan fingerprint density at radius 3 is 2.33 bits per heavy atom. The number of carbonyl (C=O) groups is 2. The minimum Gasteiger partial charge on any atom is -0.465 e. The van der Waals surface area contributed by atoms with Gasteiger partial charge < -0.3 is 15.4 Å². The van der Waals surface area contributed by atoms with Crippen LogP contribution in [0.15, 0.2) is 54.6 Å². The Balaban J connectivity index is 1.75. The van der Waals surface area contributed by atoms with E-state index in [4.69, 9.17) is 0 Å². The van der Waals surface area contributed by atoms with Gasteiger partial charge in [-0.2, -0.15) is 0 Å². The zero-order valence-corrected chi connectivity index (χ0v) is 13.9. The molecule has 2 aromatic rings. The summed E-state index contributed by atoms with van der Waals surface area (Å²) in [5.41, 5.74) is 2.43. The summed E-state index contributed by atoms with van der Waals surface area (Å²) in [6.45, 7) is 2.48. The van der Waals surface area contributed by atoms with E-state index in [9.17, 15) is 9.59 Å². The Morgan fingerprint density at radius 1 is 1.04 bits per heavy atom. The molecule has 0 aromatic heterocycles. The number of rotatable bonds is 7. The van der Waals surface area contributed by atoms with Crippen LogP contribution in [0.4, 0.5) is 5.69 Å². The van der Waals surface area contributed by atoms with E-state index in [-0.39, 0.29) is 17.9 Å². The van der Waals surface area contributed by atoms with Crippen molar-refractivity contribution >= 4 is 17.6 Å². The molecular formula is C19H22N2O3. The first-order valence-corrected chi connectivity index (χ1v) is 7.86. The van der Waals surface area contributed by atoms with Crippen LogP contribution in [0, 0.1) is 0 Å². The Bertz CT molecular complexity index is 669. The highest BCUT2D eigenvalue weighted by Crippen LogP contribution is 2.12. The molecular weight excluding hydrogens is 304 g/mol. The first-order chi connectivity index (χ1) is 11.6. The van der Waals surface area contributed by atoms with Crippen molar-refractivity contribution in [2.24, 2.45) is 0 Å². The number of methoxy groups -OCH3 is 1. The number of benzene rings is 2.